The molecule has 20 heavy (non-hydrogen) atoms. The van der Waals surface area contributed by atoms with Crippen LogP contribution in [0.1, 0.15) is 22.3 Å². The Kier molecular flexibility index (Phi) is 3.02. The first kappa shape index (κ1) is 12.5. The summed E-state index contributed by atoms with van der Waals surface area (Å²) in [5, 5.41) is 0. The summed E-state index contributed by atoms with van der Waals surface area (Å²) in [7, 11) is 0. The topological polar surface area (TPSA) is 76.5 Å². The number of nitrogens with two attached hydrogens (primary N) is 1. The molecule has 2 aromatic rings. The molecule has 1 aromatic heterocycles. The standard InChI is InChI=1S/C15H14N2O3/c16-12-4-1-5-13-11(12)3-2-8-17(13)15(19)10-6-7-14(18)20-9-10/h1,4-7,9H,2-3,8,16H2. The van der Waals surface area contributed by atoms with Gasteiger partial charge in [0.2, 0.25) is 0 Å². The lowest BCUT2D eigenvalue weighted by Gasteiger charge is -2.30. The van der Waals surface area contributed by atoms with Crippen molar-refractivity contribution in [2.45, 2.75) is 12.8 Å². The van der Waals surface area contributed by atoms with E-state index in [0.29, 0.717) is 17.8 Å². The van der Waals surface area contributed by atoms with Crippen LogP contribution in [0.4, 0.5) is 11.4 Å². The van der Waals surface area contributed by atoms with E-state index >= 15 is 0 Å². The van der Waals surface area contributed by atoms with E-state index in [0.717, 1.165) is 24.1 Å². The summed E-state index contributed by atoms with van der Waals surface area (Å²) in [6.45, 7) is 0.633. The molecule has 0 spiro atoms. The second kappa shape index (κ2) is 4.85. The smallest absolute Gasteiger partial charge is 0.335 e. The van der Waals surface area contributed by atoms with Gasteiger partial charge < -0.3 is 15.1 Å². The Balaban J connectivity index is 2.00. The molecule has 0 atom stereocenters. The quantitative estimate of drug-likeness (QED) is 0.802. The van der Waals surface area contributed by atoms with Gasteiger partial charge in [0.1, 0.15) is 6.26 Å². The molecule has 3 rings (SSSR count). The maximum Gasteiger partial charge on any atom is 0.335 e. The second-order valence-electron chi connectivity index (χ2n) is 4.75. The molecular weight excluding hydrogens is 256 g/mol. The normalized spacial score (nSPS) is 13.9. The summed E-state index contributed by atoms with van der Waals surface area (Å²) in [5.41, 5.74) is 8.41. The van der Waals surface area contributed by atoms with Crippen molar-refractivity contribution in [2.75, 3.05) is 17.2 Å². The molecule has 5 heteroatoms. The lowest BCUT2D eigenvalue weighted by molar-refractivity contribution is 0.0983. The number of anilines is 2. The Labute approximate surface area is 115 Å². The Hall–Kier alpha value is -2.56. The number of fused-ring (bicyclic) bond motifs is 1. The maximum atomic E-state index is 12.5. The van der Waals surface area contributed by atoms with Crippen molar-refractivity contribution in [1.82, 2.24) is 0 Å². The third-order valence-corrected chi connectivity index (χ3v) is 3.48. The van der Waals surface area contributed by atoms with Gasteiger partial charge in [-0.3, -0.25) is 4.79 Å². The van der Waals surface area contributed by atoms with Crippen molar-refractivity contribution in [3.63, 3.8) is 0 Å². The largest absolute Gasteiger partial charge is 0.430 e. The van der Waals surface area contributed by atoms with Crippen LogP contribution in [0.2, 0.25) is 0 Å². The number of nitrogens with zero attached hydrogens (tertiary/aromatic N) is 1. The van der Waals surface area contributed by atoms with E-state index in [-0.39, 0.29) is 5.91 Å². The van der Waals surface area contributed by atoms with Crippen molar-refractivity contribution in [2.24, 2.45) is 0 Å². The highest BCUT2D eigenvalue weighted by atomic mass is 16.4. The first-order valence-corrected chi connectivity index (χ1v) is 6.45. The van der Waals surface area contributed by atoms with E-state index in [1.54, 1.807) is 4.90 Å². The lowest BCUT2D eigenvalue weighted by Crippen LogP contribution is -2.35. The van der Waals surface area contributed by atoms with Crippen molar-refractivity contribution in [1.29, 1.82) is 0 Å². The molecule has 0 saturated heterocycles. The molecule has 0 unspecified atom stereocenters. The third kappa shape index (κ3) is 2.07. The zero-order valence-corrected chi connectivity index (χ0v) is 10.8. The summed E-state index contributed by atoms with van der Waals surface area (Å²) in [5.74, 6) is -0.180. The van der Waals surface area contributed by atoms with Crippen LogP contribution in [0.25, 0.3) is 0 Å². The number of hydrogen-bond donors (Lipinski definition) is 1. The van der Waals surface area contributed by atoms with Crippen molar-refractivity contribution in [3.05, 3.63) is 58.1 Å². The minimum atomic E-state index is -0.468. The number of nitrogen functional groups attached to an aromatic ring is 1. The molecule has 2 heterocycles. The number of benzene rings is 1. The molecule has 102 valence electrons. The van der Waals surface area contributed by atoms with Gasteiger partial charge in [0.25, 0.3) is 5.91 Å². The summed E-state index contributed by atoms with van der Waals surface area (Å²) in [4.78, 5) is 25.1. The van der Waals surface area contributed by atoms with E-state index in [4.69, 9.17) is 10.2 Å². The molecular formula is C15H14N2O3. The molecule has 0 fully saturated rings. The molecule has 5 nitrogen and oxygen atoms in total. The number of rotatable bonds is 1. The van der Waals surface area contributed by atoms with Gasteiger partial charge in [0.05, 0.1) is 5.56 Å². The Morgan fingerprint density at radius 1 is 1.25 bits per heavy atom. The zero-order chi connectivity index (χ0) is 14.1. The van der Waals surface area contributed by atoms with E-state index < -0.39 is 5.63 Å². The highest BCUT2D eigenvalue weighted by Crippen LogP contribution is 2.32. The SMILES string of the molecule is Nc1cccc2c1CCCN2C(=O)c1ccc(=O)oc1. The van der Waals surface area contributed by atoms with Crippen LogP contribution in [0.3, 0.4) is 0 Å². The van der Waals surface area contributed by atoms with Crippen LogP contribution in [0, 0.1) is 0 Å². The van der Waals surface area contributed by atoms with Gasteiger partial charge in [0, 0.05) is 24.0 Å². The molecule has 0 saturated carbocycles. The van der Waals surface area contributed by atoms with Crippen molar-refractivity contribution < 1.29 is 9.21 Å². The van der Waals surface area contributed by atoms with Crippen LogP contribution in [0.5, 0.6) is 0 Å². The van der Waals surface area contributed by atoms with Crippen LogP contribution in [-0.2, 0) is 6.42 Å². The van der Waals surface area contributed by atoms with Gasteiger partial charge in [-0.15, -0.1) is 0 Å². The van der Waals surface area contributed by atoms with Crippen molar-refractivity contribution >= 4 is 17.3 Å². The summed E-state index contributed by atoms with van der Waals surface area (Å²) < 4.78 is 4.75. The highest BCUT2D eigenvalue weighted by molar-refractivity contribution is 6.06. The monoisotopic (exact) mass is 270 g/mol. The van der Waals surface area contributed by atoms with E-state index in [2.05, 4.69) is 0 Å². The van der Waals surface area contributed by atoms with Crippen LogP contribution >= 0.6 is 0 Å². The molecule has 2 N–H and O–H groups in total. The Bertz CT molecular complexity index is 701. The first-order chi connectivity index (χ1) is 9.66. The van der Waals surface area contributed by atoms with E-state index in [9.17, 15) is 9.59 Å². The van der Waals surface area contributed by atoms with Crippen LogP contribution in [0.15, 0.2) is 45.8 Å². The highest BCUT2D eigenvalue weighted by Gasteiger charge is 2.24. The fourth-order valence-corrected chi connectivity index (χ4v) is 2.50. The average molecular weight is 270 g/mol. The Morgan fingerprint density at radius 2 is 2.10 bits per heavy atom. The minimum absolute atomic E-state index is 0.180. The molecule has 1 aliphatic rings. The van der Waals surface area contributed by atoms with Crippen LogP contribution in [-0.4, -0.2) is 12.5 Å². The minimum Gasteiger partial charge on any atom is -0.430 e. The first-order valence-electron chi connectivity index (χ1n) is 6.45. The third-order valence-electron chi connectivity index (χ3n) is 3.48. The average Bonchev–Trinajstić information content (AvgIpc) is 2.47. The fraction of sp³-hybridized carbons (Fsp3) is 0.200. The van der Waals surface area contributed by atoms with E-state index in [1.165, 1.54) is 18.4 Å². The van der Waals surface area contributed by atoms with Gasteiger partial charge in [-0.1, -0.05) is 6.07 Å². The molecule has 0 radical (unpaired) electrons. The molecule has 1 amide bonds. The van der Waals surface area contributed by atoms with Crippen molar-refractivity contribution in [3.8, 4) is 0 Å². The van der Waals surface area contributed by atoms with Gasteiger partial charge >= 0.3 is 5.63 Å². The predicted molar refractivity (Wildman–Crippen MR) is 75.8 cm³/mol. The number of hydrogen-bond acceptors (Lipinski definition) is 4. The van der Waals surface area contributed by atoms with Crippen LogP contribution < -0.4 is 16.3 Å². The molecule has 0 bridgehead atoms. The number of carbonyl (C=O) groups is 1. The van der Waals surface area contributed by atoms with Gasteiger partial charge in [0.15, 0.2) is 0 Å². The van der Waals surface area contributed by atoms with Gasteiger partial charge in [-0.2, -0.15) is 0 Å². The molecule has 1 aromatic carbocycles. The lowest BCUT2D eigenvalue weighted by atomic mass is 9.99. The van der Waals surface area contributed by atoms with Gasteiger partial charge in [-0.25, -0.2) is 4.79 Å². The number of carbonyl (C=O) groups excluding carboxylic acids is 1. The number of amides is 1. The van der Waals surface area contributed by atoms with E-state index in [1.807, 2.05) is 18.2 Å². The fourth-order valence-electron chi connectivity index (χ4n) is 2.50. The summed E-state index contributed by atoms with van der Waals surface area (Å²) in [6.07, 6.45) is 2.94. The Morgan fingerprint density at radius 3 is 2.85 bits per heavy atom. The molecule has 1 aliphatic heterocycles. The van der Waals surface area contributed by atoms with Gasteiger partial charge in [-0.05, 0) is 36.6 Å². The summed E-state index contributed by atoms with van der Waals surface area (Å²) >= 11 is 0. The maximum absolute atomic E-state index is 12.5. The second-order valence-corrected chi connectivity index (χ2v) is 4.75. The predicted octanol–water partition coefficient (Wildman–Crippen LogP) is 1.81. The zero-order valence-electron chi connectivity index (χ0n) is 10.8. The molecule has 0 aliphatic carbocycles. The summed E-state index contributed by atoms with van der Waals surface area (Å²) in [6, 6.07) is 8.30.